The first kappa shape index (κ1) is 16.8. The fourth-order valence-corrected chi connectivity index (χ4v) is 2.41. The van der Waals surface area contributed by atoms with Crippen molar-refractivity contribution in [1.29, 1.82) is 0 Å². The third-order valence-corrected chi connectivity index (χ3v) is 3.56. The van der Waals surface area contributed by atoms with E-state index in [-0.39, 0.29) is 0 Å². The normalized spacial score (nSPS) is 11.5. The van der Waals surface area contributed by atoms with Gasteiger partial charge in [-0.05, 0) is 36.6 Å². The molecule has 2 aromatic carbocycles. The van der Waals surface area contributed by atoms with Crippen LogP contribution >= 0.6 is 0 Å². The van der Waals surface area contributed by atoms with Crippen LogP contribution in [0.1, 0.15) is 22.3 Å². The molecule has 0 aliphatic rings. The van der Waals surface area contributed by atoms with Crippen LogP contribution in [-0.4, -0.2) is 18.2 Å². The van der Waals surface area contributed by atoms with Gasteiger partial charge >= 0.3 is 0 Å². The average Bonchev–Trinajstić information content (AvgIpc) is 2.52. The van der Waals surface area contributed by atoms with Gasteiger partial charge < -0.3 is 20.9 Å². The van der Waals surface area contributed by atoms with Crippen LogP contribution in [0, 0.1) is 13.8 Å². The highest BCUT2D eigenvalue weighted by Crippen LogP contribution is 2.23. The number of methoxy groups -OCH3 is 1. The van der Waals surface area contributed by atoms with Gasteiger partial charge in [0.25, 0.3) is 0 Å². The molecule has 0 amide bonds. The van der Waals surface area contributed by atoms with Crippen LogP contribution in [0.4, 0.5) is 5.69 Å². The van der Waals surface area contributed by atoms with E-state index in [9.17, 15) is 5.11 Å². The van der Waals surface area contributed by atoms with E-state index < -0.39 is 0 Å². The average molecular weight is 313 g/mol. The van der Waals surface area contributed by atoms with Gasteiger partial charge in [0, 0.05) is 18.4 Å². The monoisotopic (exact) mass is 313 g/mol. The highest BCUT2D eigenvalue weighted by atomic mass is 16.5. The number of rotatable bonds is 5. The number of para-hydroxylation sites is 1. The molecule has 4 N–H and O–H groups in total. The van der Waals surface area contributed by atoms with E-state index in [0.29, 0.717) is 24.9 Å². The molecule has 23 heavy (non-hydrogen) atoms. The summed E-state index contributed by atoms with van der Waals surface area (Å²) in [4.78, 5) is 4.36. The lowest BCUT2D eigenvalue weighted by atomic mass is 10.1. The van der Waals surface area contributed by atoms with E-state index in [1.165, 1.54) is 0 Å². The molecular formula is C18H23N3O2. The molecular weight excluding hydrogens is 290 g/mol. The Balaban J connectivity index is 2.09. The molecule has 0 saturated heterocycles. The molecule has 0 radical (unpaired) electrons. The Morgan fingerprint density at radius 1 is 1.22 bits per heavy atom. The summed E-state index contributed by atoms with van der Waals surface area (Å²) >= 11 is 0. The molecule has 0 spiro atoms. The van der Waals surface area contributed by atoms with E-state index >= 15 is 0 Å². The van der Waals surface area contributed by atoms with Gasteiger partial charge in [0.15, 0.2) is 5.96 Å². The number of nitrogens with two attached hydrogens (primary N) is 1. The molecule has 0 aliphatic carbocycles. The molecule has 0 unspecified atom stereocenters. The number of benzene rings is 2. The maximum atomic E-state index is 9.80. The predicted molar refractivity (Wildman–Crippen MR) is 93.7 cm³/mol. The van der Waals surface area contributed by atoms with Gasteiger partial charge in [-0.15, -0.1) is 0 Å². The molecule has 0 aromatic heterocycles. The first-order valence-electron chi connectivity index (χ1n) is 7.44. The number of phenols is 1. The van der Waals surface area contributed by atoms with Crippen molar-refractivity contribution in [3.05, 3.63) is 58.7 Å². The zero-order valence-corrected chi connectivity index (χ0v) is 13.8. The SMILES string of the molecule is COCc1ccccc1NC(N)=NCc1cc(C)c(O)c(C)c1. The summed E-state index contributed by atoms with van der Waals surface area (Å²) in [6.07, 6.45) is 0. The van der Waals surface area contributed by atoms with E-state index in [4.69, 9.17) is 10.5 Å². The van der Waals surface area contributed by atoms with Crippen molar-refractivity contribution in [1.82, 2.24) is 0 Å². The number of nitrogens with zero attached hydrogens (tertiary/aromatic N) is 1. The van der Waals surface area contributed by atoms with Crippen LogP contribution in [-0.2, 0) is 17.9 Å². The second-order valence-corrected chi connectivity index (χ2v) is 5.49. The largest absolute Gasteiger partial charge is 0.507 e. The molecule has 0 bridgehead atoms. The predicted octanol–water partition coefficient (Wildman–Crippen LogP) is 3.08. The second-order valence-electron chi connectivity index (χ2n) is 5.49. The van der Waals surface area contributed by atoms with Crippen molar-refractivity contribution in [3.8, 4) is 5.75 Å². The van der Waals surface area contributed by atoms with Crippen LogP contribution in [0.25, 0.3) is 0 Å². The molecule has 0 fully saturated rings. The zero-order chi connectivity index (χ0) is 16.8. The van der Waals surface area contributed by atoms with Gasteiger partial charge in [0.1, 0.15) is 5.75 Å². The maximum absolute atomic E-state index is 9.80. The number of nitrogens with one attached hydrogen (secondary N) is 1. The minimum atomic E-state index is 0.331. The first-order chi connectivity index (χ1) is 11.0. The quantitative estimate of drug-likeness (QED) is 0.585. The van der Waals surface area contributed by atoms with Crippen molar-refractivity contribution in [2.75, 3.05) is 12.4 Å². The molecule has 5 heteroatoms. The van der Waals surface area contributed by atoms with Gasteiger partial charge in [0.2, 0.25) is 0 Å². The van der Waals surface area contributed by atoms with Gasteiger partial charge in [-0.3, -0.25) is 0 Å². The third kappa shape index (κ3) is 4.47. The van der Waals surface area contributed by atoms with Crippen LogP contribution in [0.2, 0.25) is 0 Å². The van der Waals surface area contributed by atoms with Gasteiger partial charge in [-0.2, -0.15) is 0 Å². The Kier molecular flexibility index (Phi) is 5.60. The Morgan fingerprint density at radius 2 is 1.87 bits per heavy atom. The van der Waals surface area contributed by atoms with E-state index in [0.717, 1.165) is 27.9 Å². The van der Waals surface area contributed by atoms with Crippen LogP contribution in [0.5, 0.6) is 5.75 Å². The number of aliphatic imine (C=N–C) groups is 1. The zero-order valence-electron chi connectivity index (χ0n) is 13.8. The fraction of sp³-hybridized carbons (Fsp3) is 0.278. The molecule has 5 nitrogen and oxygen atoms in total. The molecule has 0 saturated carbocycles. The lowest BCUT2D eigenvalue weighted by molar-refractivity contribution is 0.185. The summed E-state index contributed by atoms with van der Waals surface area (Å²) in [5, 5.41) is 12.9. The molecule has 2 aromatic rings. The summed E-state index contributed by atoms with van der Waals surface area (Å²) in [6, 6.07) is 11.6. The standard InChI is InChI=1S/C18H23N3O2/c1-12-8-14(9-13(2)17(12)22)10-20-18(19)21-16-7-5-4-6-15(16)11-23-3/h4-9,22H,10-11H2,1-3H3,(H3,19,20,21). The lowest BCUT2D eigenvalue weighted by Gasteiger charge is -2.11. The van der Waals surface area contributed by atoms with E-state index in [2.05, 4.69) is 10.3 Å². The topological polar surface area (TPSA) is 79.9 Å². The van der Waals surface area contributed by atoms with Crippen molar-refractivity contribution in [2.24, 2.45) is 10.7 Å². The highest BCUT2D eigenvalue weighted by Gasteiger charge is 2.05. The van der Waals surface area contributed by atoms with Crippen molar-refractivity contribution in [2.45, 2.75) is 27.0 Å². The minimum Gasteiger partial charge on any atom is -0.507 e. The van der Waals surface area contributed by atoms with Crippen molar-refractivity contribution >= 4 is 11.6 Å². The number of anilines is 1. The number of guanidine groups is 1. The summed E-state index contributed by atoms with van der Waals surface area (Å²) in [5.74, 6) is 0.675. The first-order valence-corrected chi connectivity index (χ1v) is 7.44. The summed E-state index contributed by atoms with van der Waals surface area (Å²) in [7, 11) is 1.66. The molecule has 2 rings (SSSR count). The van der Waals surface area contributed by atoms with Crippen molar-refractivity contribution in [3.63, 3.8) is 0 Å². The Bertz CT molecular complexity index is 688. The highest BCUT2D eigenvalue weighted by molar-refractivity contribution is 5.92. The van der Waals surface area contributed by atoms with Crippen LogP contribution in [0.15, 0.2) is 41.4 Å². The second kappa shape index (κ2) is 7.65. The van der Waals surface area contributed by atoms with Crippen molar-refractivity contribution < 1.29 is 9.84 Å². The molecule has 122 valence electrons. The molecule has 0 aliphatic heterocycles. The lowest BCUT2D eigenvalue weighted by Crippen LogP contribution is -2.23. The number of hydrogen-bond donors (Lipinski definition) is 3. The molecule has 0 heterocycles. The fourth-order valence-electron chi connectivity index (χ4n) is 2.41. The summed E-state index contributed by atoms with van der Waals surface area (Å²) in [6.45, 7) is 4.70. The third-order valence-electron chi connectivity index (χ3n) is 3.56. The number of ether oxygens (including phenoxy) is 1. The number of aromatic hydroxyl groups is 1. The summed E-state index contributed by atoms with van der Waals surface area (Å²) < 4.78 is 5.17. The molecule has 0 atom stereocenters. The Hall–Kier alpha value is -2.53. The van der Waals surface area contributed by atoms with Gasteiger partial charge in [0.05, 0.1) is 13.2 Å². The van der Waals surface area contributed by atoms with E-state index in [1.54, 1.807) is 7.11 Å². The van der Waals surface area contributed by atoms with Gasteiger partial charge in [-0.25, -0.2) is 4.99 Å². The number of aryl methyl sites for hydroxylation is 2. The Labute approximate surface area is 136 Å². The smallest absolute Gasteiger partial charge is 0.193 e. The van der Waals surface area contributed by atoms with Gasteiger partial charge in [-0.1, -0.05) is 30.3 Å². The number of phenolic OH excluding ortho intramolecular Hbond substituents is 1. The maximum Gasteiger partial charge on any atom is 0.193 e. The van der Waals surface area contributed by atoms with E-state index in [1.807, 2.05) is 50.2 Å². The minimum absolute atomic E-state index is 0.331. The van der Waals surface area contributed by atoms with Crippen LogP contribution < -0.4 is 11.1 Å². The summed E-state index contributed by atoms with van der Waals surface area (Å²) in [5.41, 5.74) is 10.6. The Morgan fingerprint density at radius 3 is 2.52 bits per heavy atom. The number of hydrogen-bond acceptors (Lipinski definition) is 3. The van der Waals surface area contributed by atoms with Crippen LogP contribution in [0.3, 0.4) is 0 Å².